The molecule has 1 heterocycles. The highest BCUT2D eigenvalue weighted by molar-refractivity contribution is 7.73. The zero-order chi connectivity index (χ0) is 16.1. The number of aromatic carboxylic acids is 1. The van der Waals surface area contributed by atoms with Crippen molar-refractivity contribution in [3.63, 3.8) is 0 Å². The molecule has 22 heavy (non-hydrogen) atoms. The number of azo groups is 1. The molecule has 1 amide bonds. The van der Waals surface area contributed by atoms with Gasteiger partial charge in [0.2, 0.25) is 11.0 Å². The third-order valence-electron chi connectivity index (χ3n) is 2.35. The maximum absolute atomic E-state index is 11.3. The summed E-state index contributed by atoms with van der Waals surface area (Å²) in [6.07, 6.45) is 1.05. The normalized spacial score (nSPS) is 10.5. The lowest BCUT2D eigenvalue weighted by atomic mass is 10.1. The Morgan fingerprint density at radius 1 is 1.45 bits per heavy atom. The van der Waals surface area contributed by atoms with Crippen LogP contribution in [0.25, 0.3) is 0 Å². The number of amides is 1. The first kappa shape index (κ1) is 15.7. The number of carboxylic acid groups (broad SMARTS) is 1. The SMILES string of the molecule is C=CC(=O)Nc1ccc(N=Nc2n[nH]c(=S)s2)cc1C(=O)O. The van der Waals surface area contributed by atoms with Gasteiger partial charge in [-0.05, 0) is 36.5 Å². The zero-order valence-electron chi connectivity index (χ0n) is 10.9. The molecule has 0 radical (unpaired) electrons. The molecule has 0 bridgehead atoms. The van der Waals surface area contributed by atoms with Crippen LogP contribution in [-0.4, -0.2) is 27.2 Å². The first-order chi connectivity index (χ1) is 10.5. The minimum Gasteiger partial charge on any atom is -0.478 e. The van der Waals surface area contributed by atoms with Crippen molar-refractivity contribution in [2.24, 2.45) is 10.2 Å². The fourth-order valence-corrected chi connectivity index (χ4v) is 2.13. The quantitative estimate of drug-likeness (QED) is 0.439. The molecule has 2 rings (SSSR count). The van der Waals surface area contributed by atoms with E-state index in [9.17, 15) is 14.7 Å². The highest BCUT2D eigenvalue weighted by Crippen LogP contribution is 2.25. The number of benzene rings is 1. The number of carbonyl (C=O) groups is 2. The van der Waals surface area contributed by atoms with Crippen LogP contribution in [-0.2, 0) is 4.79 Å². The molecule has 2 aromatic rings. The van der Waals surface area contributed by atoms with Crippen LogP contribution in [0.15, 0.2) is 41.1 Å². The van der Waals surface area contributed by atoms with Gasteiger partial charge in [-0.25, -0.2) is 4.79 Å². The number of aromatic amines is 1. The van der Waals surface area contributed by atoms with Crippen LogP contribution in [0, 0.1) is 3.95 Å². The Balaban J connectivity index is 2.30. The highest BCUT2D eigenvalue weighted by atomic mass is 32.1. The Hall–Kier alpha value is -2.72. The van der Waals surface area contributed by atoms with Crippen molar-refractivity contribution in [1.29, 1.82) is 0 Å². The summed E-state index contributed by atoms with van der Waals surface area (Å²) in [6, 6.07) is 4.22. The molecular formula is C12H9N5O3S2. The maximum Gasteiger partial charge on any atom is 0.337 e. The molecule has 1 aromatic carbocycles. The topological polar surface area (TPSA) is 120 Å². The lowest BCUT2D eigenvalue weighted by Gasteiger charge is -2.06. The van der Waals surface area contributed by atoms with Crippen LogP contribution in [0.2, 0.25) is 0 Å². The Bertz CT molecular complexity index is 824. The third-order valence-corrected chi connectivity index (χ3v) is 3.33. The number of hydrogen-bond donors (Lipinski definition) is 3. The zero-order valence-corrected chi connectivity index (χ0v) is 12.6. The minimum atomic E-state index is -1.20. The highest BCUT2D eigenvalue weighted by Gasteiger charge is 2.12. The van der Waals surface area contributed by atoms with Gasteiger partial charge in [0.1, 0.15) is 0 Å². The molecule has 10 heteroatoms. The van der Waals surface area contributed by atoms with Gasteiger partial charge in [0.15, 0.2) is 3.95 Å². The van der Waals surface area contributed by atoms with Crippen molar-refractivity contribution in [1.82, 2.24) is 10.2 Å². The molecule has 0 saturated carbocycles. The van der Waals surface area contributed by atoms with Crippen molar-refractivity contribution in [3.8, 4) is 0 Å². The molecule has 0 fully saturated rings. The molecule has 0 aliphatic heterocycles. The average molecular weight is 335 g/mol. The second kappa shape index (κ2) is 6.83. The van der Waals surface area contributed by atoms with E-state index in [0.717, 1.165) is 17.4 Å². The van der Waals surface area contributed by atoms with Crippen molar-refractivity contribution in [2.45, 2.75) is 0 Å². The van der Waals surface area contributed by atoms with Gasteiger partial charge in [0.25, 0.3) is 0 Å². The average Bonchev–Trinajstić information content (AvgIpc) is 2.91. The summed E-state index contributed by atoms with van der Waals surface area (Å²) in [4.78, 5) is 22.5. The fourth-order valence-electron chi connectivity index (χ4n) is 1.43. The first-order valence-corrected chi connectivity index (χ1v) is 7.00. The summed E-state index contributed by atoms with van der Waals surface area (Å²) in [7, 11) is 0. The fraction of sp³-hybridized carbons (Fsp3) is 0. The third kappa shape index (κ3) is 3.90. The molecule has 0 aliphatic carbocycles. The molecular weight excluding hydrogens is 326 g/mol. The molecule has 0 atom stereocenters. The Morgan fingerprint density at radius 3 is 2.82 bits per heavy atom. The first-order valence-electron chi connectivity index (χ1n) is 5.77. The van der Waals surface area contributed by atoms with Crippen LogP contribution in [0.1, 0.15) is 10.4 Å². The van der Waals surface area contributed by atoms with E-state index in [4.69, 9.17) is 12.2 Å². The number of anilines is 1. The van der Waals surface area contributed by atoms with E-state index in [0.29, 0.717) is 14.8 Å². The molecule has 8 nitrogen and oxygen atoms in total. The van der Waals surface area contributed by atoms with Gasteiger partial charge in [0, 0.05) is 0 Å². The standard InChI is InChI=1S/C12H9N5O3S2/c1-2-9(18)13-8-4-3-6(5-7(8)10(19)20)14-15-11-16-17-12(21)22-11/h2-5H,1H2,(H,13,18)(H,17,21)(H,19,20). The van der Waals surface area contributed by atoms with Crippen LogP contribution in [0.4, 0.5) is 16.5 Å². The summed E-state index contributed by atoms with van der Waals surface area (Å²) in [5, 5.41) is 26.0. The monoisotopic (exact) mass is 335 g/mol. The molecule has 112 valence electrons. The molecule has 0 spiro atoms. The van der Waals surface area contributed by atoms with E-state index >= 15 is 0 Å². The number of hydrogen-bond acceptors (Lipinski definition) is 7. The Labute approximate surface area is 133 Å². The predicted molar refractivity (Wildman–Crippen MR) is 83.7 cm³/mol. The van der Waals surface area contributed by atoms with Gasteiger partial charge in [-0.15, -0.1) is 15.3 Å². The second-order valence-corrected chi connectivity index (χ2v) is 5.47. The predicted octanol–water partition coefficient (Wildman–Crippen LogP) is 3.44. The molecule has 0 unspecified atom stereocenters. The largest absolute Gasteiger partial charge is 0.478 e. The molecule has 0 saturated heterocycles. The smallest absolute Gasteiger partial charge is 0.337 e. The number of carboxylic acids is 1. The summed E-state index contributed by atoms with van der Waals surface area (Å²) in [5.41, 5.74) is 0.336. The van der Waals surface area contributed by atoms with Gasteiger partial charge in [-0.3, -0.25) is 9.89 Å². The summed E-state index contributed by atoms with van der Waals surface area (Å²) in [6.45, 7) is 3.30. The Kier molecular flexibility index (Phi) is 4.86. The summed E-state index contributed by atoms with van der Waals surface area (Å²) < 4.78 is 0.461. The number of rotatable bonds is 5. The number of carbonyl (C=O) groups excluding carboxylic acids is 1. The second-order valence-electron chi connectivity index (χ2n) is 3.82. The van der Waals surface area contributed by atoms with Gasteiger partial charge in [0.05, 0.1) is 16.9 Å². The van der Waals surface area contributed by atoms with Gasteiger partial charge in [-0.2, -0.15) is 0 Å². The lowest BCUT2D eigenvalue weighted by Crippen LogP contribution is -2.11. The van der Waals surface area contributed by atoms with E-state index in [1.54, 1.807) is 0 Å². The number of aromatic nitrogens is 2. The summed E-state index contributed by atoms with van der Waals surface area (Å²) >= 11 is 6.00. The molecule has 3 N–H and O–H groups in total. The van der Waals surface area contributed by atoms with Crippen molar-refractivity contribution in [2.75, 3.05) is 5.32 Å². The minimum absolute atomic E-state index is 0.110. The van der Waals surface area contributed by atoms with E-state index < -0.39 is 11.9 Å². The van der Waals surface area contributed by atoms with Gasteiger partial charge >= 0.3 is 5.97 Å². The molecule has 0 aliphatic rings. The van der Waals surface area contributed by atoms with Crippen LogP contribution in [0.5, 0.6) is 0 Å². The van der Waals surface area contributed by atoms with E-state index in [-0.39, 0.29) is 11.3 Å². The lowest BCUT2D eigenvalue weighted by molar-refractivity contribution is -0.111. The summed E-state index contributed by atoms with van der Waals surface area (Å²) in [5.74, 6) is -1.71. The van der Waals surface area contributed by atoms with Crippen molar-refractivity contribution >= 4 is 51.9 Å². The van der Waals surface area contributed by atoms with Crippen LogP contribution >= 0.6 is 23.6 Å². The van der Waals surface area contributed by atoms with Crippen LogP contribution < -0.4 is 5.32 Å². The van der Waals surface area contributed by atoms with E-state index in [1.807, 2.05) is 0 Å². The molecule has 1 aromatic heterocycles. The van der Waals surface area contributed by atoms with Crippen LogP contribution in [0.3, 0.4) is 0 Å². The number of nitrogens with zero attached hydrogens (tertiary/aromatic N) is 3. The van der Waals surface area contributed by atoms with E-state index in [2.05, 4.69) is 32.3 Å². The maximum atomic E-state index is 11.3. The number of H-pyrrole nitrogens is 1. The number of nitrogens with one attached hydrogen (secondary N) is 2. The van der Waals surface area contributed by atoms with Gasteiger partial charge < -0.3 is 10.4 Å². The van der Waals surface area contributed by atoms with Crippen molar-refractivity contribution < 1.29 is 14.7 Å². The van der Waals surface area contributed by atoms with Gasteiger partial charge in [-0.1, -0.05) is 17.9 Å². The Morgan fingerprint density at radius 2 is 2.23 bits per heavy atom. The van der Waals surface area contributed by atoms with Crippen molar-refractivity contribution in [3.05, 3.63) is 40.4 Å². The van der Waals surface area contributed by atoms with E-state index in [1.165, 1.54) is 18.2 Å².